The summed E-state index contributed by atoms with van der Waals surface area (Å²) in [5.41, 5.74) is 1.77. The number of hydrogen-bond acceptors (Lipinski definition) is 7. The van der Waals surface area contributed by atoms with Crippen LogP contribution >= 0.6 is 11.3 Å². The van der Waals surface area contributed by atoms with Gasteiger partial charge >= 0.3 is 5.97 Å². The van der Waals surface area contributed by atoms with Gasteiger partial charge in [-0.3, -0.25) is 4.79 Å². The lowest BCUT2D eigenvalue weighted by Gasteiger charge is -2.13. The number of H-pyrrole nitrogens is 1. The first-order valence-corrected chi connectivity index (χ1v) is 11.3. The molecule has 1 unspecified atom stereocenters. The van der Waals surface area contributed by atoms with Gasteiger partial charge in [-0.15, -0.1) is 11.3 Å². The number of nitrogens with zero attached hydrogens (tertiary/aromatic N) is 1. The van der Waals surface area contributed by atoms with E-state index in [0.29, 0.717) is 34.1 Å². The van der Waals surface area contributed by atoms with E-state index in [1.807, 2.05) is 44.2 Å². The van der Waals surface area contributed by atoms with Crippen LogP contribution in [0.15, 0.2) is 59.4 Å². The van der Waals surface area contributed by atoms with Crippen LogP contribution in [0.5, 0.6) is 11.5 Å². The number of aromatic amines is 1. The van der Waals surface area contributed by atoms with E-state index in [9.17, 15) is 9.59 Å². The molecule has 0 spiro atoms. The molecule has 170 valence electrons. The maximum Gasteiger partial charge on any atom is 0.344 e. The molecule has 0 amide bonds. The van der Waals surface area contributed by atoms with Gasteiger partial charge in [0, 0.05) is 4.88 Å². The highest BCUT2D eigenvalue weighted by Crippen LogP contribution is 2.27. The van der Waals surface area contributed by atoms with E-state index >= 15 is 0 Å². The molecule has 0 bridgehead atoms. The Morgan fingerprint density at radius 2 is 1.70 bits per heavy atom. The maximum absolute atomic E-state index is 12.4. The number of ether oxygens (including phenoxy) is 3. The Morgan fingerprint density at radius 1 is 1.03 bits per heavy atom. The van der Waals surface area contributed by atoms with Gasteiger partial charge in [0.15, 0.2) is 18.5 Å². The lowest BCUT2D eigenvalue weighted by atomic mass is 10.2. The predicted molar refractivity (Wildman–Crippen MR) is 127 cm³/mol. The number of benzene rings is 2. The molecule has 2 aromatic carbocycles. The van der Waals surface area contributed by atoms with Crippen molar-refractivity contribution in [1.82, 2.24) is 9.97 Å². The third-order valence-corrected chi connectivity index (χ3v) is 6.28. The molecule has 0 aliphatic rings. The van der Waals surface area contributed by atoms with Crippen molar-refractivity contribution in [2.75, 3.05) is 6.61 Å². The number of fused-ring (bicyclic) bond motifs is 1. The summed E-state index contributed by atoms with van der Waals surface area (Å²) in [6.07, 6.45) is -0.713. The number of aryl methyl sites for hydroxylation is 2. The molecule has 4 aromatic rings. The van der Waals surface area contributed by atoms with Crippen LogP contribution < -0.4 is 15.0 Å². The molecule has 0 radical (unpaired) electrons. The van der Waals surface area contributed by atoms with Gasteiger partial charge in [0.05, 0.1) is 5.39 Å². The van der Waals surface area contributed by atoms with Gasteiger partial charge < -0.3 is 19.2 Å². The zero-order valence-corrected chi connectivity index (χ0v) is 19.4. The fourth-order valence-electron chi connectivity index (χ4n) is 3.27. The van der Waals surface area contributed by atoms with E-state index in [2.05, 4.69) is 9.97 Å². The van der Waals surface area contributed by atoms with E-state index in [1.165, 1.54) is 11.3 Å². The molecule has 0 aliphatic heterocycles. The number of esters is 1. The van der Waals surface area contributed by atoms with Crippen LogP contribution in [-0.4, -0.2) is 22.5 Å². The van der Waals surface area contributed by atoms with Gasteiger partial charge in [-0.05, 0) is 56.2 Å². The SMILES string of the molecule is Cc1sc2nc(C(C)OC(=O)COc3ccc(OCc4ccccc4)cc3)[nH]c(=O)c2c1C. The highest BCUT2D eigenvalue weighted by Gasteiger charge is 2.18. The lowest BCUT2D eigenvalue weighted by molar-refractivity contribution is -0.151. The van der Waals surface area contributed by atoms with Crippen LogP contribution in [0.2, 0.25) is 0 Å². The average Bonchev–Trinajstić information content (AvgIpc) is 3.11. The Kier molecular flexibility index (Phi) is 6.74. The second kappa shape index (κ2) is 9.87. The number of thiophene rings is 1. The summed E-state index contributed by atoms with van der Waals surface area (Å²) >= 11 is 1.45. The molecular weight excluding hydrogens is 440 g/mol. The fourth-order valence-corrected chi connectivity index (χ4v) is 4.30. The zero-order valence-electron chi connectivity index (χ0n) is 18.6. The van der Waals surface area contributed by atoms with Crippen LogP contribution in [0.25, 0.3) is 10.2 Å². The summed E-state index contributed by atoms with van der Waals surface area (Å²) in [6.45, 7) is 5.71. The molecule has 7 nitrogen and oxygen atoms in total. The summed E-state index contributed by atoms with van der Waals surface area (Å²) < 4.78 is 16.6. The third kappa shape index (κ3) is 5.40. The zero-order chi connectivity index (χ0) is 23.4. The molecule has 2 aromatic heterocycles. The first-order valence-electron chi connectivity index (χ1n) is 10.5. The minimum Gasteiger partial charge on any atom is -0.489 e. The van der Waals surface area contributed by atoms with Crippen LogP contribution in [0.4, 0.5) is 0 Å². The monoisotopic (exact) mass is 464 g/mol. The predicted octanol–water partition coefficient (Wildman–Crippen LogP) is 4.86. The van der Waals surface area contributed by atoms with Crippen LogP contribution in [0.3, 0.4) is 0 Å². The highest BCUT2D eigenvalue weighted by atomic mass is 32.1. The number of nitrogens with one attached hydrogen (secondary N) is 1. The number of hydrogen-bond donors (Lipinski definition) is 1. The normalized spacial score (nSPS) is 11.8. The summed E-state index contributed by atoms with van der Waals surface area (Å²) in [4.78, 5) is 33.5. The number of aromatic nitrogens is 2. The smallest absolute Gasteiger partial charge is 0.344 e. The van der Waals surface area contributed by atoms with E-state index in [4.69, 9.17) is 14.2 Å². The standard InChI is InChI=1S/C25H24N2O5S/c1-15-17(3)33-25-22(15)24(29)26-23(27-25)16(2)32-21(28)14-31-20-11-9-19(10-12-20)30-13-18-7-5-4-6-8-18/h4-12,16H,13-14H2,1-3H3,(H,26,27,29). The second-order valence-electron chi connectivity index (χ2n) is 7.58. The van der Waals surface area contributed by atoms with Crippen molar-refractivity contribution in [2.24, 2.45) is 0 Å². The molecule has 0 fully saturated rings. The third-order valence-electron chi connectivity index (χ3n) is 5.18. The van der Waals surface area contributed by atoms with Crippen molar-refractivity contribution in [2.45, 2.75) is 33.5 Å². The minimum absolute atomic E-state index is 0.231. The Bertz CT molecular complexity index is 1310. The quantitative estimate of drug-likeness (QED) is 0.375. The maximum atomic E-state index is 12.4. The van der Waals surface area contributed by atoms with Crippen LogP contribution in [-0.2, 0) is 16.1 Å². The van der Waals surface area contributed by atoms with Crippen molar-refractivity contribution in [3.8, 4) is 11.5 Å². The molecule has 0 saturated heterocycles. The Morgan fingerprint density at radius 3 is 2.39 bits per heavy atom. The number of rotatable bonds is 8. The van der Waals surface area contributed by atoms with E-state index in [1.54, 1.807) is 31.2 Å². The molecule has 1 atom stereocenters. The molecule has 1 N–H and O–H groups in total. The van der Waals surface area contributed by atoms with E-state index in [-0.39, 0.29) is 12.2 Å². The number of carbonyl (C=O) groups excluding carboxylic acids is 1. The first kappa shape index (κ1) is 22.5. The van der Waals surface area contributed by atoms with Gasteiger partial charge in [0.25, 0.3) is 5.56 Å². The van der Waals surface area contributed by atoms with Crippen molar-refractivity contribution in [1.29, 1.82) is 0 Å². The van der Waals surface area contributed by atoms with Gasteiger partial charge in [-0.2, -0.15) is 0 Å². The van der Waals surface area contributed by atoms with E-state index in [0.717, 1.165) is 16.0 Å². The summed E-state index contributed by atoms with van der Waals surface area (Å²) in [6, 6.07) is 16.9. The lowest BCUT2D eigenvalue weighted by Crippen LogP contribution is -2.20. The molecule has 8 heteroatoms. The molecular formula is C25H24N2O5S. The average molecular weight is 465 g/mol. The minimum atomic E-state index is -0.713. The van der Waals surface area contributed by atoms with Crippen molar-refractivity contribution >= 4 is 27.5 Å². The van der Waals surface area contributed by atoms with Gasteiger partial charge in [-0.25, -0.2) is 9.78 Å². The van der Waals surface area contributed by atoms with Gasteiger partial charge in [0.2, 0.25) is 0 Å². The van der Waals surface area contributed by atoms with Crippen molar-refractivity contribution in [3.05, 3.63) is 86.8 Å². The Labute approximate surface area is 195 Å². The second-order valence-corrected chi connectivity index (χ2v) is 8.78. The molecule has 2 heterocycles. The van der Waals surface area contributed by atoms with Crippen molar-refractivity contribution in [3.63, 3.8) is 0 Å². The number of carbonyl (C=O) groups is 1. The highest BCUT2D eigenvalue weighted by molar-refractivity contribution is 7.18. The summed E-state index contributed by atoms with van der Waals surface area (Å²) in [7, 11) is 0. The Hall–Kier alpha value is -3.65. The largest absolute Gasteiger partial charge is 0.489 e. The van der Waals surface area contributed by atoms with Crippen LogP contribution in [0.1, 0.15) is 34.9 Å². The molecule has 33 heavy (non-hydrogen) atoms. The molecule has 0 saturated carbocycles. The Balaban J connectivity index is 1.30. The summed E-state index contributed by atoms with van der Waals surface area (Å²) in [5.74, 6) is 0.964. The first-order chi connectivity index (χ1) is 15.9. The topological polar surface area (TPSA) is 90.5 Å². The summed E-state index contributed by atoms with van der Waals surface area (Å²) in [5, 5.41) is 0.583. The molecule has 4 rings (SSSR count). The fraction of sp³-hybridized carbons (Fsp3) is 0.240. The molecule has 0 aliphatic carbocycles. The van der Waals surface area contributed by atoms with Crippen molar-refractivity contribution < 1.29 is 19.0 Å². The van der Waals surface area contributed by atoms with Gasteiger partial charge in [-0.1, -0.05) is 30.3 Å². The van der Waals surface area contributed by atoms with E-state index < -0.39 is 12.1 Å². The van der Waals surface area contributed by atoms with Crippen LogP contribution in [0, 0.1) is 13.8 Å². The van der Waals surface area contributed by atoms with Gasteiger partial charge in [0.1, 0.15) is 22.9 Å².